The largest absolute Gasteiger partial charge is 0.334 e. The van der Waals surface area contributed by atoms with Crippen LogP contribution in [0.3, 0.4) is 0 Å². The molecule has 2 amide bonds. The Morgan fingerprint density at radius 3 is 2.61 bits per heavy atom. The van der Waals surface area contributed by atoms with E-state index in [1.807, 2.05) is 6.07 Å². The Bertz CT molecular complexity index is 910. The molecule has 28 heavy (non-hydrogen) atoms. The average molecular weight is 426 g/mol. The number of hydrogen-bond donors (Lipinski definition) is 2. The molecule has 0 radical (unpaired) electrons. The van der Waals surface area contributed by atoms with Crippen molar-refractivity contribution in [2.24, 2.45) is 0 Å². The summed E-state index contributed by atoms with van der Waals surface area (Å²) in [4.78, 5) is 16.0. The number of benzene rings is 1. The summed E-state index contributed by atoms with van der Waals surface area (Å²) in [6.07, 6.45) is 2.57. The van der Waals surface area contributed by atoms with Crippen molar-refractivity contribution >= 4 is 33.2 Å². The van der Waals surface area contributed by atoms with Gasteiger partial charge < -0.3 is 10.6 Å². The fourth-order valence-corrected chi connectivity index (χ4v) is 5.12. The van der Waals surface area contributed by atoms with Gasteiger partial charge in [-0.3, -0.25) is 4.98 Å². The highest BCUT2D eigenvalue weighted by molar-refractivity contribution is 7.92. The minimum absolute atomic E-state index is 0.0900. The SMILES string of the molecule is O=C(NCc1cccnc1)Nc1ccc(S(=O)(=O)C2CCC(Cl)C(F)C2)cc1. The average Bonchev–Trinajstić information content (AvgIpc) is 2.69. The lowest BCUT2D eigenvalue weighted by Crippen LogP contribution is -2.34. The van der Waals surface area contributed by atoms with E-state index in [0.29, 0.717) is 25.1 Å². The maximum atomic E-state index is 13.8. The number of carbonyl (C=O) groups is 1. The number of urea groups is 1. The number of carbonyl (C=O) groups excluding carboxylic acids is 1. The molecule has 1 aliphatic carbocycles. The first-order valence-electron chi connectivity index (χ1n) is 8.92. The number of pyridine rings is 1. The Morgan fingerprint density at radius 2 is 1.96 bits per heavy atom. The molecule has 2 N–H and O–H groups in total. The first kappa shape index (κ1) is 20.5. The molecule has 150 valence electrons. The zero-order valence-corrected chi connectivity index (χ0v) is 16.6. The third-order valence-corrected chi connectivity index (χ3v) is 7.43. The fraction of sp³-hybridized carbons (Fsp3) is 0.368. The van der Waals surface area contributed by atoms with Crippen LogP contribution >= 0.6 is 11.6 Å². The van der Waals surface area contributed by atoms with Crippen LogP contribution in [0.1, 0.15) is 24.8 Å². The number of sulfone groups is 1. The van der Waals surface area contributed by atoms with E-state index in [0.717, 1.165) is 5.56 Å². The van der Waals surface area contributed by atoms with Gasteiger partial charge in [0.2, 0.25) is 0 Å². The molecular formula is C19H21ClFN3O3S. The molecule has 1 saturated carbocycles. The second-order valence-electron chi connectivity index (χ2n) is 6.71. The van der Waals surface area contributed by atoms with Crippen molar-refractivity contribution in [2.75, 3.05) is 5.32 Å². The molecule has 2 aromatic rings. The van der Waals surface area contributed by atoms with Gasteiger partial charge in [0.05, 0.1) is 15.5 Å². The van der Waals surface area contributed by atoms with Gasteiger partial charge in [-0.05, 0) is 55.2 Å². The predicted octanol–water partition coefficient (Wildman–Crippen LogP) is 3.68. The number of amides is 2. The van der Waals surface area contributed by atoms with E-state index in [-0.39, 0.29) is 11.3 Å². The van der Waals surface area contributed by atoms with Crippen LogP contribution in [0.15, 0.2) is 53.7 Å². The van der Waals surface area contributed by atoms with Crippen LogP contribution in [0.2, 0.25) is 0 Å². The Labute approximate surface area is 168 Å². The minimum Gasteiger partial charge on any atom is -0.334 e. The second kappa shape index (κ2) is 8.87. The molecule has 1 aromatic carbocycles. The van der Waals surface area contributed by atoms with Crippen molar-refractivity contribution in [2.45, 2.75) is 47.5 Å². The molecule has 6 nitrogen and oxygen atoms in total. The second-order valence-corrected chi connectivity index (χ2v) is 9.49. The monoisotopic (exact) mass is 425 g/mol. The van der Waals surface area contributed by atoms with E-state index in [4.69, 9.17) is 11.6 Å². The minimum atomic E-state index is -3.64. The zero-order chi connectivity index (χ0) is 20.1. The Morgan fingerprint density at radius 1 is 1.21 bits per heavy atom. The molecule has 0 spiro atoms. The summed E-state index contributed by atoms with van der Waals surface area (Å²) in [7, 11) is -3.64. The molecule has 9 heteroatoms. The highest BCUT2D eigenvalue weighted by Gasteiger charge is 2.37. The number of anilines is 1. The van der Waals surface area contributed by atoms with Crippen molar-refractivity contribution in [1.82, 2.24) is 10.3 Å². The van der Waals surface area contributed by atoms with Gasteiger partial charge in [-0.1, -0.05) is 6.07 Å². The quantitative estimate of drug-likeness (QED) is 0.715. The van der Waals surface area contributed by atoms with E-state index in [1.54, 1.807) is 18.5 Å². The Hall–Kier alpha value is -2.19. The smallest absolute Gasteiger partial charge is 0.319 e. The van der Waals surface area contributed by atoms with Crippen LogP contribution in [-0.4, -0.2) is 36.2 Å². The topological polar surface area (TPSA) is 88.2 Å². The summed E-state index contributed by atoms with van der Waals surface area (Å²) < 4.78 is 39.3. The van der Waals surface area contributed by atoms with E-state index >= 15 is 0 Å². The molecule has 0 saturated heterocycles. The number of halogens is 2. The van der Waals surface area contributed by atoms with Crippen LogP contribution < -0.4 is 10.6 Å². The standard InChI is InChI=1S/C19H21ClFN3O3S/c20-17-8-7-16(10-18(17)21)28(26,27)15-5-3-14(4-6-15)24-19(25)23-12-13-2-1-9-22-11-13/h1-6,9,11,16-18H,7-8,10,12H2,(H2,23,24,25). The van der Waals surface area contributed by atoms with Gasteiger partial charge >= 0.3 is 6.03 Å². The van der Waals surface area contributed by atoms with Crippen molar-refractivity contribution in [3.8, 4) is 0 Å². The third-order valence-electron chi connectivity index (χ3n) is 4.70. The van der Waals surface area contributed by atoms with Crippen molar-refractivity contribution in [3.63, 3.8) is 0 Å². The molecule has 3 atom stereocenters. The summed E-state index contributed by atoms with van der Waals surface area (Å²) in [5.41, 5.74) is 1.31. The number of nitrogens with zero attached hydrogens (tertiary/aromatic N) is 1. The Balaban J connectivity index is 1.59. The van der Waals surface area contributed by atoms with Gasteiger partial charge in [-0.15, -0.1) is 11.6 Å². The Kier molecular flexibility index (Phi) is 6.51. The van der Waals surface area contributed by atoms with Crippen molar-refractivity contribution in [3.05, 3.63) is 54.4 Å². The lowest BCUT2D eigenvalue weighted by Gasteiger charge is -2.28. The molecule has 3 unspecified atom stereocenters. The van der Waals surface area contributed by atoms with Crippen LogP contribution in [0, 0.1) is 0 Å². The number of hydrogen-bond acceptors (Lipinski definition) is 4. The normalized spacial score (nSPS) is 22.4. The highest BCUT2D eigenvalue weighted by atomic mass is 35.5. The van der Waals surface area contributed by atoms with E-state index < -0.39 is 32.7 Å². The van der Waals surface area contributed by atoms with Crippen LogP contribution in [0.5, 0.6) is 0 Å². The van der Waals surface area contributed by atoms with E-state index in [9.17, 15) is 17.6 Å². The molecule has 0 aliphatic heterocycles. The maximum Gasteiger partial charge on any atom is 0.319 e. The predicted molar refractivity (Wildman–Crippen MR) is 106 cm³/mol. The van der Waals surface area contributed by atoms with Gasteiger partial charge in [-0.2, -0.15) is 0 Å². The number of aromatic nitrogens is 1. The van der Waals surface area contributed by atoms with Gasteiger partial charge in [0, 0.05) is 24.6 Å². The summed E-state index contributed by atoms with van der Waals surface area (Å²) in [6.45, 7) is 0.319. The fourth-order valence-electron chi connectivity index (χ4n) is 3.11. The third kappa shape index (κ3) is 4.99. The number of nitrogens with one attached hydrogen (secondary N) is 2. The van der Waals surface area contributed by atoms with Gasteiger partial charge in [-0.25, -0.2) is 17.6 Å². The first-order chi connectivity index (χ1) is 13.4. The molecule has 1 aliphatic rings. The van der Waals surface area contributed by atoms with Crippen LogP contribution in [0.4, 0.5) is 14.9 Å². The van der Waals surface area contributed by atoms with Gasteiger partial charge in [0.25, 0.3) is 0 Å². The van der Waals surface area contributed by atoms with Crippen molar-refractivity contribution in [1.29, 1.82) is 0 Å². The lowest BCUT2D eigenvalue weighted by molar-refractivity contribution is 0.251. The molecule has 1 heterocycles. The zero-order valence-electron chi connectivity index (χ0n) is 15.0. The maximum absolute atomic E-state index is 13.8. The first-order valence-corrected chi connectivity index (χ1v) is 10.9. The van der Waals surface area contributed by atoms with E-state index in [1.165, 1.54) is 24.3 Å². The van der Waals surface area contributed by atoms with Gasteiger partial charge in [0.15, 0.2) is 9.84 Å². The number of alkyl halides is 2. The molecule has 3 rings (SSSR count). The van der Waals surface area contributed by atoms with E-state index in [2.05, 4.69) is 15.6 Å². The summed E-state index contributed by atoms with van der Waals surface area (Å²) in [5.74, 6) is 0. The number of rotatable bonds is 5. The molecular weight excluding hydrogens is 405 g/mol. The highest BCUT2D eigenvalue weighted by Crippen LogP contribution is 2.33. The summed E-state index contributed by atoms with van der Waals surface area (Å²) in [6, 6.07) is 9.07. The van der Waals surface area contributed by atoms with Crippen molar-refractivity contribution < 1.29 is 17.6 Å². The van der Waals surface area contributed by atoms with Crippen LogP contribution in [-0.2, 0) is 16.4 Å². The summed E-state index contributed by atoms with van der Waals surface area (Å²) >= 11 is 5.84. The van der Waals surface area contributed by atoms with Crippen LogP contribution in [0.25, 0.3) is 0 Å². The molecule has 0 bridgehead atoms. The molecule has 1 aromatic heterocycles. The van der Waals surface area contributed by atoms with Gasteiger partial charge in [0.1, 0.15) is 6.17 Å². The molecule has 1 fully saturated rings. The summed E-state index contributed by atoms with van der Waals surface area (Å²) in [5, 5.41) is 3.93. The lowest BCUT2D eigenvalue weighted by atomic mass is 9.98.